The Kier molecular flexibility index (Phi) is 2.59. The lowest BCUT2D eigenvalue weighted by Crippen LogP contribution is -2.40. The zero-order valence-corrected chi connectivity index (χ0v) is 10.2. The van der Waals surface area contributed by atoms with Gasteiger partial charge in [0.2, 0.25) is 5.91 Å². The van der Waals surface area contributed by atoms with Crippen LogP contribution < -0.4 is 5.32 Å². The summed E-state index contributed by atoms with van der Waals surface area (Å²) in [5.74, 6) is -0.406. The molecule has 0 bridgehead atoms. The van der Waals surface area contributed by atoms with Crippen LogP contribution in [0.5, 0.6) is 0 Å². The van der Waals surface area contributed by atoms with E-state index in [1.54, 1.807) is 12.4 Å². The molecule has 0 spiro atoms. The zero-order valence-electron chi connectivity index (χ0n) is 9.39. The van der Waals surface area contributed by atoms with Crippen LogP contribution in [0.1, 0.15) is 12.0 Å². The van der Waals surface area contributed by atoms with Gasteiger partial charge in [-0.15, -0.1) is 0 Å². The van der Waals surface area contributed by atoms with Crippen molar-refractivity contribution in [3.63, 3.8) is 0 Å². The summed E-state index contributed by atoms with van der Waals surface area (Å²) in [5.41, 5.74) is 1.52. The van der Waals surface area contributed by atoms with Gasteiger partial charge in [-0.3, -0.25) is 4.79 Å². The highest BCUT2D eigenvalue weighted by Crippen LogP contribution is 2.27. The quantitative estimate of drug-likeness (QED) is 0.781. The lowest BCUT2D eigenvalue weighted by atomic mass is 10.1. The topological polar surface area (TPSA) is 44.7 Å². The van der Waals surface area contributed by atoms with Gasteiger partial charge in [0.25, 0.3) is 0 Å². The van der Waals surface area contributed by atoms with Crippen LogP contribution in [0.4, 0.5) is 10.1 Å². The fraction of sp³-hybridized carbons (Fsp3) is 0.250. The number of hydrogen-bond donors (Lipinski definition) is 1. The second-order valence-corrected chi connectivity index (χ2v) is 4.82. The Balaban J connectivity index is 1.86. The van der Waals surface area contributed by atoms with Crippen LogP contribution in [0, 0.1) is 5.82 Å². The molecule has 2 aliphatic rings. The van der Waals surface area contributed by atoms with Crippen LogP contribution in [0.25, 0.3) is 0 Å². The molecule has 1 atom stereocenters. The number of benzene rings is 1. The second kappa shape index (κ2) is 4.13. The van der Waals surface area contributed by atoms with Crippen LogP contribution in [0.3, 0.4) is 0 Å². The molecule has 1 N–H and O–H groups in total. The maximum absolute atomic E-state index is 13.0. The van der Waals surface area contributed by atoms with E-state index in [4.69, 9.17) is 12.2 Å². The molecule has 6 heteroatoms. The van der Waals surface area contributed by atoms with E-state index >= 15 is 0 Å². The van der Waals surface area contributed by atoms with E-state index in [1.165, 1.54) is 12.1 Å². The minimum atomic E-state index is -0.306. The lowest BCUT2D eigenvalue weighted by molar-refractivity contribution is -0.122. The highest BCUT2D eigenvalue weighted by Gasteiger charge is 2.33. The zero-order chi connectivity index (χ0) is 12.7. The van der Waals surface area contributed by atoms with Crippen molar-refractivity contribution in [1.82, 2.24) is 10.2 Å². The molecule has 1 aromatic rings. The Morgan fingerprint density at radius 1 is 1.50 bits per heavy atom. The highest BCUT2D eigenvalue weighted by atomic mass is 32.1. The lowest BCUT2D eigenvalue weighted by Gasteiger charge is -2.27. The van der Waals surface area contributed by atoms with Gasteiger partial charge in [0, 0.05) is 13.0 Å². The van der Waals surface area contributed by atoms with Crippen LogP contribution in [0.2, 0.25) is 0 Å². The van der Waals surface area contributed by atoms with Gasteiger partial charge in [0.1, 0.15) is 11.9 Å². The van der Waals surface area contributed by atoms with Gasteiger partial charge in [-0.05, 0) is 17.7 Å². The highest BCUT2D eigenvalue weighted by molar-refractivity contribution is 7.80. The Morgan fingerprint density at radius 2 is 2.33 bits per heavy atom. The van der Waals surface area contributed by atoms with E-state index < -0.39 is 0 Å². The summed E-state index contributed by atoms with van der Waals surface area (Å²) in [4.78, 5) is 18.3. The molecule has 1 saturated heterocycles. The van der Waals surface area contributed by atoms with Crippen molar-refractivity contribution in [2.75, 3.05) is 0 Å². The maximum Gasteiger partial charge on any atom is 0.247 e. The number of thiocarbonyl (C=S) groups is 1. The first-order valence-electron chi connectivity index (χ1n) is 5.55. The fourth-order valence-electron chi connectivity index (χ4n) is 2.16. The number of carbonyl (C=O) groups excluding carboxylic acids is 1. The van der Waals surface area contributed by atoms with Gasteiger partial charge in [-0.2, -0.15) is 0 Å². The minimum Gasteiger partial charge on any atom is -0.346 e. The molecule has 0 aliphatic carbocycles. The van der Waals surface area contributed by atoms with E-state index in [0.717, 1.165) is 5.56 Å². The summed E-state index contributed by atoms with van der Waals surface area (Å²) in [6.07, 6.45) is 2.09. The molecule has 92 valence electrons. The summed E-state index contributed by atoms with van der Waals surface area (Å²) in [7, 11) is 0. The summed E-state index contributed by atoms with van der Waals surface area (Å²) >= 11 is 4.98. The summed E-state index contributed by atoms with van der Waals surface area (Å²) in [6, 6.07) is 4.18. The van der Waals surface area contributed by atoms with E-state index in [2.05, 4.69) is 10.3 Å². The smallest absolute Gasteiger partial charge is 0.247 e. The number of carbonyl (C=O) groups is 1. The fourth-order valence-corrected chi connectivity index (χ4v) is 2.42. The number of nitrogens with zero attached hydrogens (tertiary/aromatic N) is 2. The van der Waals surface area contributed by atoms with Crippen molar-refractivity contribution in [2.24, 2.45) is 4.99 Å². The van der Waals surface area contributed by atoms with Gasteiger partial charge in [-0.25, -0.2) is 9.38 Å². The molecule has 1 amide bonds. The Morgan fingerprint density at radius 3 is 3.06 bits per heavy atom. The molecule has 0 radical (unpaired) electrons. The number of amides is 1. The molecule has 0 saturated carbocycles. The van der Waals surface area contributed by atoms with Gasteiger partial charge in [0.05, 0.1) is 17.0 Å². The van der Waals surface area contributed by atoms with Crippen LogP contribution in [-0.4, -0.2) is 28.2 Å². The van der Waals surface area contributed by atoms with E-state index in [1.807, 2.05) is 4.90 Å². The van der Waals surface area contributed by atoms with E-state index in [0.29, 0.717) is 23.6 Å². The summed E-state index contributed by atoms with van der Waals surface area (Å²) in [5, 5.41) is 2.63. The summed E-state index contributed by atoms with van der Waals surface area (Å²) in [6.45, 7) is 0.541. The Bertz CT molecular complexity index is 572. The third-order valence-electron chi connectivity index (χ3n) is 3.09. The number of rotatable bonds is 1. The standard InChI is InChI=1S/C12H10FN3OS/c13-8-2-1-7-5-16(6-14-9(7)3-8)10-4-11(18)15-12(10)17/h1-3,6,10H,4-5H2,(H,15,17,18). The minimum absolute atomic E-state index is 0.1000. The predicted molar refractivity (Wildman–Crippen MR) is 69.2 cm³/mol. The Hall–Kier alpha value is -1.82. The molecule has 1 unspecified atom stereocenters. The molecule has 0 aromatic heterocycles. The largest absolute Gasteiger partial charge is 0.346 e. The van der Waals surface area contributed by atoms with Gasteiger partial charge < -0.3 is 10.2 Å². The first-order chi connectivity index (χ1) is 8.63. The number of aliphatic imine (C=N–C) groups is 1. The predicted octanol–water partition coefficient (Wildman–Crippen LogP) is 1.52. The number of fused-ring (bicyclic) bond motifs is 1. The van der Waals surface area contributed by atoms with Crippen LogP contribution in [-0.2, 0) is 11.3 Å². The second-order valence-electron chi connectivity index (χ2n) is 4.32. The molecule has 1 aromatic carbocycles. The van der Waals surface area contributed by atoms with E-state index in [-0.39, 0.29) is 17.8 Å². The van der Waals surface area contributed by atoms with Crippen molar-refractivity contribution in [1.29, 1.82) is 0 Å². The van der Waals surface area contributed by atoms with Crippen molar-refractivity contribution >= 4 is 35.1 Å². The normalized spacial score (nSPS) is 22.1. The van der Waals surface area contributed by atoms with Crippen molar-refractivity contribution in [2.45, 2.75) is 19.0 Å². The third kappa shape index (κ3) is 1.88. The number of halogens is 1. The average Bonchev–Trinajstić information content (AvgIpc) is 2.68. The van der Waals surface area contributed by atoms with Crippen LogP contribution >= 0.6 is 12.2 Å². The molecule has 4 nitrogen and oxygen atoms in total. The molecular formula is C12H10FN3OS. The first kappa shape index (κ1) is 11.3. The molecule has 1 fully saturated rings. The first-order valence-corrected chi connectivity index (χ1v) is 5.96. The number of hydrogen-bond acceptors (Lipinski definition) is 4. The maximum atomic E-state index is 13.0. The average molecular weight is 263 g/mol. The van der Waals surface area contributed by atoms with Crippen LogP contribution in [0.15, 0.2) is 23.2 Å². The van der Waals surface area contributed by atoms with Gasteiger partial charge in [-0.1, -0.05) is 18.3 Å². The van der Waals surface area contributed by atoms with E-state index in [9.17, 15) is 9.18 Å². The van der Waals surface area contributed by atoms with Crippen molar-refractivity contribution in [3.05, 3.63) is 29.6 Å². The van der Waals surface area contributed by atoms with Crippen molar-refractivity contribution in [3.8, 4) is 0 Å². The number of nitrogens with one attached hydrogen (secondary N) is 1. The monoisotopic (exact) mass is 263 g/mol. The third-order valence-corrected chi connectivity index (χ3v) is 3.36. The molecule has 2 heterocycles. The van der Waals surface area contributed by atoms with Crippen molar-refractivity contribution < 1.29 is 9.18 Å². The molecule has 3 rings (SSSR count). The molecule has 2 aliphatic heterocycles. The van der Waals surface area contributed by atoms with Gasteiger partial charge >= 0.3 is 0 Å². The summed E-state index contributed by atoms with van der Waals surface area (Å²) < 4.78 is 13.0. The Labute approximate surface area is 109 Å². The van der Waals surface area contributed by atoms with Gasteiger partial charge in [0.15, 0.2) is 0 Å². The molecule has 18 heavy (non-hydrogen) atoms. The molecular weight excluding hydrogens is 253 g/mol. The SMILES string of the molecule is O=C1NC(=S)CC1N1C=Nc2cc(F)ccc2C1.